The molecule has 8 nitrogen and oxygen atoms in total. The summed E-state index contributed by atoms with van der Waals surface area (Å²) in [7, 11) is 0. The van der Waals surface area contributed by atoms with Crippen molar-refractivity contribution in [2.75, 3.05) is 24.5 Å². The lowest BCUT2D eigenvalue weighted by Crippen LogP contribution is -2.50. The smallest absolute Gasteiger partial charge is 0.468 e. The third kappa shape index (κ3) is 6.59. The molecule has 0 saturated carbocycles. The summed E-state index contributed by atoms with van der Waals surface area (Å²) in [5, 5.41) is 0. The molecule has 1 aliphatic heterocycles. The summed E-state index contributed by atoms with van der Waals surface area (Å²) in [4.78, 5) is 24.2. The Morgan fingerprint density at radius 2 is 1.75 bits per heavy atom. The van der Waals surface area contributed by atoms with Crippen LogP contribution in [0.2, 0.25) is 0 Å². The van der Waals surface area contributed by atoms with Crippen molar-refractivity contribution in [2.24, 2.45) is 0 Å². The molecule has 5 rings (SSSR count). The van der Waals surface area contributed by atoms with Gasteiger partial charge < -0.3 is 18.9 Å². The van der Waals surface area contributed by atoms with E-state index in [4.69, 9.17) is 11.3 Å². The predicted octanol–water partition coefficient (Wildman–Crippen LogP) is 6.02. The van der Waals surface area contributed by atoms with E-state index in [1.165, 1.54) is 23.1 Å². The summed E-state index contributed by atoms with van der Waals surface area (Å²) in [5.41, 5.74) is 2.53. The molecule has 1 aliphatic rings. The zero-order valence-corrected chi connectivity index (χ0v) is 21.2. The highest BCUT2D eigenvalue weighted by atomic mass is 19.4. The van der Waals surface area contributed by atoms with Gasteiger partial charge in [-0.1, -0.05) is 30.3 Å². The van der Waals surface area contributed by atoms with E-state index in [9.17, 15) is 18.0 Å². The van der Waals surface area contributed by atoms with Crippen molar-refractivity contribution >= 4 is 17.3 Å². The molecule has 1 fully saturated rings. The van der Waals surface area contributed by atoms with Gasteiger partial charge in [0.15, 0.2) is 0 Å². The first-order valence-corrected chi connectivity index (χ1v) is 12.4. The molecule has 0 spiro atoms. The maximum absolute atomic E-state index is 12.9. The van der Waals surface area contributed by atoms with Crippen molar-refractivity contribution in [3.63, 3.8) is 0 Å². The quantitative estimate of drug-likeness (QED) is 0.253. The fourth-order valence-electron chi connectivity index (χ4n) is 4.48. The SMILES string of the molecule is [C-]#[N+]c1cc(Cn2cncc2CN2CCN(c3cccc(OC(F)(F)F)c3)C(=O)C2)ccc1Oc1ccccc1. The van der Waals surface area contributed by atoms with Crippen molar-refractivity contribution < 1.29 is 27.4 Å². The fourth-order valence-corrected chi connectivity index (χ4v) is 4.48. The van der Waals surface area contributed by atoms with Gasteiger partial charge in [0.2, 0.25) is 11.6 Å². The van der Waals surface area contributed by atoms with Crippen molar-refractivity contribution in [2.45, 2.75) is 19.5 Å². The Morgan fingerprint density at radius 3 is 2.50 bits per heavy atom. The fraction of sp³-hybridized carbons (Fsp3) is 0.207. The van der Waals surface area contributed by atoms with Crippen molar-refractivity contribution in [1.29, 1.82) is 0 Å². The van der Waals surface area contributed by atoms with Gasteiger partial charge in [0.1, 0.15) is 17.2 Å². The summed E-state index contributed by atoms with van der Waals surface area (Å²) in [6.07, 6.45) is -1.37. The lowest BCUT2D eigenvalue weighted by molar-refractivity contribution is -0.274. The van der Waals surface area contributed by atoms with Gasteiger partial charge >= 0.3 is 6.36 Å². The average molecular weight is 548 g/mol. The first-order valence-electron chi connectivity index (χ1n) is 12.4. The van der Waals surface area contributed by atoms with Gasteiger partial charge in [-0.25, -0.2) is 9.83 Å². The van der Waals surface area contributed by atoms with Gasteiger partial charge in [0.25, 0.3) is 0 Å². The van der Waals surface area contributed by atoms with E-state index in [-0.39, 0.29) is 18.2 Å². The van der Waals surface area contributed by atoms with Gasteiger partial charge in [-0.05, 0) is 42.0 Å². The van der Waals surface area contributed by atoms with Crippen molar-refractivity contribution in [3.05, 3.63) is 108 Å². The number of benzene rings is 3. The third-order valence-corrected chi connectivity index (χ3v) is 6.31. The Kier molecular flexibility index (Phi) is 7.70. The second-order valence-corrected chi connectivity index (χ2v) is 9.14. The number of piperazine rings is 1. The summed E-state index contributed by atoms with van der Waals surface area (Å²) < 4.78 is 49.6. The monoisotopic (exact) mass is 547 g/mol. The Balaban J connectivity index is 1.22. The lowest BCUT2D eigenvalue weighted by atomic mass is 10.1. The molecule has 0 atom stereocenters. The number of imidazole rings is 1. The first-order chi connectivity index (χ1) is 19.3. The van der Waals surface area contributed by atoms with E-state index in [0.29, 0.717) is 49.1 Å². The summed E-state index contributed by atoms with van der Waals surface area (Å²) in [6.45, 7) is 9.46. The van der Waals surface area contributed by atoms with Crippen LogP contribution in [-0.4, -0.2) is 46.4 Å². The van der Waals surface area contributed by atoms with Crippen LogP contribution >= 0.6 is 0 Å². The molecule has 1 aromatic heterocycles. The number of nitrogens with zero attached hydrogens (tertiary/aromatic N) is 5. The highest BCUT2D eigenvalue weighted by molar-refractivity contribution is 5.95. The third-order valence-electron chi connectivity index (χ3n) is 6.31. The number of aromatic nitrogens is 2. The van der Waals surface area contributed by atoms with Crippen molar-refractivity contribution in [3.8, 4) is 17.2 Å². The topological polar surface area (TPSA) is 64.2 Å². The first kappa shape index (κ1) is 26.8. The summed E-state index contributed by atoms with van der Waals surface area (Å²) in [5.74, 6) is 0.527. The zero-order valence-electron chi connectivity index (χ0n) is 21.2. The maximum Gasteiger partial charge on any atom is 0.573 e. The van der Waals surface area contributed by atoms with E-state index in [0.717, 1.165) is 11.3 Å². The minimum absolute atomic E-state index is 0.100. The van der Waals surface area contributed by atoms with Crippen molar-refractivity contribution in [1.82, 2.24) is 14.5 Å². The number of para-hydroxylation sites is 1. The number of rotatable bonds is 8. The standard InChI is InChI=1S/C29H24F3N5O3/c1-33-26-14-21(10-11-27(26)39-24-7-3-2-4-8-24)17-36-20-34-16-23(36)18-35-12-13-37(28(38)19-35)22-6-5-9-25(15-22)40-29(30,31)32/h2-11,14-16,20H,12-13,17-19H2. The molecule has 1 amide bonds. The minimum atomic E-state index is -4.81. The van der Waals surface area contributed by atoms with Crippen LogP contribution in [0.1, 0.15) is 11.3 Å². The maximum atomic E-state index is 12.9. The number of anilines is 1. The number of carbonyl (C=O) groups excluding carboxylic acids is 1. The van der Waals surface area contributed by atoms with Crippen LogP contribution in [0.15, 0.2) is 85.3 Å². The second-order valence-electron chi connectivity index (χ2n) is 9.14. The molecule has 204 valence electrons. The molecular weight excluding hydrogens is 523 g/mol. The van der Waals surface area contributed by atoms with Gasteiger partial charge in [-0.2, -0.15) is 0 Å². The lowest BCUT2D eigenvalue weighted by Gasteiger charge is -2.34. The summed E-state index contributed by atoms with van der Waals surface area (Å²) >= 11 is 0. The molecule has 3 aromatic carbocycles. The molecule has 11 heteroatoms. The normalized spacial score (nSPS) is 14.2. The zero-order chi connectivity index (χ0) is 28.1. The van der Waals surface area contributed by atoms with E-state index in [2.05, 4.69) is 14.6 Å². The molecule has 1 saturated heterocycles. The minimum Gasteiger partial charge on any atom is -0.468 e. The Morgan fingerprint density at radius 1 is 0.950 bits per heavy atom. The Bertz CT molecular complexity index is 1530. The number of amides is 1. The van der Waals surface area contributed by atoms with Gasteiger partial charge in [-0.3, -0.25) is 9.69 Å². The molecular formula is C29H24F3N5O3. The average Bonchev–Trinajstić information content (AvgIpc) is 3.35. The number of hydrogen-bond donors (Lipinski definition) is 0. The molecule has 0 radical (unpaired) electrons. The van der Waals surface area contributed by atoms with Crippen LogP contribution in [0, 0.1) is 6.57 Å². The van der Waals surface area contributed by atoms with E-state index >= 15 is 0 Å². The molecule has 4 aromatic rings. The number of hydrogen-bond acceptors (Lipinski definition) is 5. The summed E-state index contributed by atoms with van der Waals surface area (Å²) in [6, 6.07) is 20.1. The molecule has 2 heterocycles. The highest BCUT2D eigenvalue weighted by Crippen LogP contribution is 2.33. The van der Waals surface area contributed by atoms with Crippen LogP contribution in [0.4, 0.5) is 24.5 Å². The van der Waals surface area contributed by atoms with Crippen LogP contribution in [0.25, 0.3) is 4.85 Å². The van der Waals surface area contributed by atoms with Crippen LogP contribution in [-0.2, 0) is 17.9 Å². The molecule has 0 aliphatic carbocycles. The van der Waals surface area contributed by atoms with Crippen LogP contribution < -0.4 is 14.4 Å². The number of ether oxygens (including phenoxy) is 2. The van der Waals surface area contributed by atoms with E-state index in [1.807, 2.05) is 45.9 Å². The van der Waals surface area contributed by atoms with Gasteiger partial charge in [0, 0.05) is 44.1 Å². The predicted molar refractivity (Wildman–Crippen MR) is 141 cm³/mol. The Hall–Kier alpha value is -4.82. The largest absolute Gasteiger partial charge is 0.573 e. The van der Waals surface area contributed by atoms with E-state index < -0.39 is 6.36 Å². The number of alkyl halides is 3. The van der Waals surface area contributed by atoms with Crippen LogP contribution in [0.3, 0.4) is 0 Å². The van der Waals surface area contributed by atoms with Gasteiger partial charge in [-0.15, -0.1) is 13.2 Å². The number of halogens is 3. The second kappa shape index (κ2) is 11.5. The molecule has 0 unspecified atom stereocenters. The van der Waals surface area contributed by atoms with Crippen LogP contribution in [0.5, 0.6) is 17.2 Å². The molecule has 0 bridgehead atoms. The Labute approximate surface area is 228 Å². The number of carbonyl (C=O) groups is 1. The highest BCUT2D eigenvalue weighted by Gasteiger charge is 2.32. The van der Waals surface area contributed by atoms with Gasteiger partial charge in [0.05, 0.1) is 25.1 Å². The molecule has 40 heavy (non-hydrogen) atoms. The molecule has 0 N–H and O–H groups in total. The van der Waals surface area contributed by atoms with E-state index in [1.54, 1.807) is 30.7 Å².